The number of rotatable bonds is 11. The van der Waals surface area contributed by atoms with Crippen molar-refractivity contribution in [2.75, 3.05) is 19.7 Å². The number of hydrogen-bond donors (Lipinski definition) is 2. The van der Waals surface area contributed by atoms with Crippen molar-refractivity contribution in [1.82, 2.24) is 10.2 Å². The van der Waals surface area contributed by atoms with Gasteiger partial charge in [0.1, 0.15) is 6.61 Å². The van der Waals surface area contributed by atoms with E-state index in [-0.39, 0.29) is 31.3 Å². The number of carbonyl (C=O) groups excluding carboxylic acids is 2. The van der Waals surface area contributed by atoms with Crippen LogP contribution in [-0.4, -0.2) is 53.2 Å². The van der Waals surface area contributed by atoms with Gasteiger partial charge in [0, 0.05) is 25.4 Å². The largest absolute Gasteiger partial charge is 0.481 e. The number of unbranched alkanes of at least 4 members (excludes halogenated alkanes) is 1. The van der Waals surface area contributed by atoms with Crippen LogP contribution in [-0.2, 0) is 14.3 Å². The standard InChI is InChI=1S/C28H34N2O5/c1-2-30(17-8-7-14-26(32)33)25(31)18-28(15-9-16-28)29-27(34)35-19-24-22-12-5-3-10-20(22)21-11-4-6-13-23(21)24/h3-6,10-13,24H,2,7-9,14-19H2,1H3,(H,29,34)(H,32,33). The highest BCUT2D eigenvalue weighted by atomic mass is 16.5. The maximum Gasteiger partial charge on any atom is 0.407 e. The lowest BCUT2D eigenvalue weighted by molar-refractivity contribution is -0.137. The summed E-state index contributed by atoms with van der Waals surface area (Å²) in [7, 11) is 0. The third-order valence-electron chi connectivity index (χ3n) is 7.31. The minimum atomic E-state index is -0.819. The molecule has 0 aromatic heterocycles. The average Bonchev–Trinajstić information content (AvgIpc) is 3.15. The monoisotopic (exact) mass is 478 g/mol. The molecule has 7 heteroatoms. The number of alkyl carbamates (subject to hydrolysis) is 1. The number of carboxylic acid groups (broad SMARTS) is 1. The smallest absolute Gasteiger partial charge is 0.407 e. The van der Waals surface area contributed by atoms with Crippen molar-refractivity contribution in [3.8, 4) is 11.1 Å². The summed E-state index contributed by atoms with van der Waals surface area (Å²) in [5.41, 5.74) is 4.13. The van der Waals surface area contributed by atoms with E-state index in [9.17, 15) is 14.4 Å². The minimum Gasteiger partial charge on any atom is -0.481 e. The summed E-state index contributed by atoms with van der Waals surface area (Å²) in [6.45, 7) is 3.26. The summed E-state index contributed by atoms with van der Waals surface area (Å²) < 4.78 is 5.71. The highest BCUT2D eigenvalue weighted by Gasteiger charge is 2.42. The van der Waals surface area contributed by atoms with Crippen LogP contribution in [0.5, 0.6) is 0 Å². The number of benzene rings is 2. The van der Waals surface area contributed by atoms with Crippen molar-refractivity contribution >= 4 is 18.0 Å². The molecule has 2 aromatic rings. The van der Waals surface area contributed by atoms with Gasteiger partial charge in [-0.15, -0.1) is 0 Å². The van der Waals surface area contributed by atoms with Crippen LogP contribution >= 0.6 is 0 Å². The Labute approximate surface area is 206 Å². The number of carbonyl (C=O) groups is 3. The normalized spacial score (nSPS) is 15.5. The van der Waals surface area contributed by atoms with Crippen LogP contribution in [0.4, 0.5) is 4.79 Å². The molecule has 0 spiro atoms. The highest BCUT2D eigenvalue weighted by molar-refractivity contribution is 5.80. The molecule has 7 nitrogen and oxygen atoms in total. The van der Waals surface area contributed by atoms with Crippen LogP contribution < -0.4 is 5.32 Å². The summed E-state index contributed by atoms with van der Waals surface area (Å²) in [6.07, 6.45) is 3.52. The maximum absolute atomic E-state index is 13.0. The molecule has 0 radical (unpaired) electrons. The van der Waals surface area contributed by atoms with E-state index in [1.165, 1.54) is 11.1 Å². The van der Waals surface area contributed by atoms with Crippen LogP contribution in [0.25, 0.3) is 11.1 Å². The average molecular weight is 479 g/mol. The minimum absolute atomic E-state index is 0.00601. The molecule has 2 amide bonds. The molecule has 2 N–H and O–H groups in total. The zero-order valence-corrected chi connectivity index (χ0v) is 20.3. The van der Waals surface area contributed by atoms with Crippen LogP contribution in [0.15, 0.2) is 48.5 Å². The lowest BCUT2D eigenvalue weighted by Crippen LogP contribution is -2.56. The first kappa shape index (κ1) is 24.8. The van der Waals surface area contributed by atoms with Gasteiger partial charge in [0.25, 0.3) is 0 Å². The molecule has 0 bridgehead atoms. The van der Waals surface area contributed by atoms with Gasteiger partial charge in [0.05, 0.1) is 12.0 Å². The molecule has 1 saturated carbocycles. The van der Waals surface area contributed by atoms with Gasteiger partial charge >= 0.3 is 12.1 Å². The van der Waals surface area contributed by atoms with Crippen LogP contribution in [0, 0.1) is 0 Å². The molecule has 1 fully saturated rings. The Morgan fingerprint density at radius 3 is 2.20 bits per heavy atom. The Morgan fingerprint density at radius 2 is 1.66 bits per heavy atom. The molecule has 0 heterocycles. The fourth-order valence-corrected chi connectivity index (χ4v) is 5.24. The van der Waals surface area contributed by atoms with Gasteiger partial charge < -0.3 is 20.1 Å². The SMILES string of the molecule is CCN(CCCCC(=O)O)C(=O)CC1(NC(=O)OCC2c3ccccc3-c3ccccc32)CCC1. The third kappa shape index (κ3) is 5.66. The van der Waals surface area contributed by atoms with Gasteiger partial charge in [-0.1, -0.05) is 48.5 Å². The highest BCUT2D eigenvalue weighted by Crippen LogP contribution is 2.44. The summed E-state index contributed by atoms with van der Waals surface area (Å²) in [4.78, 5) is 38.2. The topological polar surface area (TPSA) is 95.9 Å². The van der Waals surface area contributed by atoms with Gasteiger partial charge in [0.2, 0.25) is 5.91 Å². The van der Waals surface area contributed by atoms with Gasteiger partial charge in [-0.05, 0) is 61.3 Å². The quantitative estimate of drug-likeness (QED) is 0.446. The lowest BCUT2D eigenvalue weighted by Gasteiger charge is -2.42. The number of carboxylic acids is 1. The van der Waals surface area contributed by atoms with Crippen molar-refractivity contribution < 1.29 is 24.2 Å². The predicted octanol–water partition coefficient (Wildman–Crippen LogP) is 4.94. The fraction of sp³-hybridized carbons (Fsp3) is 0.464. The zero-order valence-electron chi connectivity index (χ0n) is 20.3. The third-order valence-corrected chi connectivity index (χ3v) is 7.31. The number of aliphatic carboxylic acids is 1. The molecule has 0 atom stereocenters. The summed E-state index contributed by atoms with van der Waals surface area (Å²) in [5, 5.41) is 11.8. The molecule has 2 aromatic carbocycles. The van der Waals surface area contributed by atoms with Gasteiger partial charge in [-0.3, -0.25) is 9.59 Å². The Balaban J connectivity index is 1.32. The Kier molecular flexibility index (Phi) is 7.73. The summed E-state index contributed by atoms with van der Waals surface area (Å²) in [6, 6.07) is 16.4. The second-order valence-corrected chi connectivity index (χ2v) is 9.59. The van der Waals surface area contributed by atoms with E-state index in [0.29, 0.717) is 25.9 Å². The molecule has 4 rings (SSSR count). The number of nitrogens with zero attached hydrogens (tertiary/aromatic N) is 1. The van der Waals surface area contributed by atoms with E-state index in [0.717, 1.165) is 30.4 Å². The number of amides is 2. The number of fused-ring (bicyclic) bond motifs is 3. The van der Waals surface area contributed by atoms with E-state index < -0.39 is 17.6 Å². The fourth-order valence-electron chi connectivity index (χ4n) is 5.24. The maximum atomic E-state index is 13.0. The molecule has 2 aliphatic rings. The molecular weight excluding hydrogens is 444 g/mol. The summed E-state index contributed by atoms with van der Waals surface area (Å²) in [5.74, 6) is -0.838. The number of nitrogens with one attached hydrogen (secondary N) is 1. The van der Waals surface area contributed by atoms with Crippen molar-refractivity contribution in [3.63, 3.8) is 0 Å². The van der Waals surface area contributed by atoms with Crippen molar-refractivity contribution in [2.24, 2.45) is 0 Å². The number of hydrogen-bond acceptors (Lipinski definition) is 4. The molecule has 2 aliphatic carbocycles. The molecular formula is C28H34N2O5. The van der Waals surface area contributed by atoms with E-state index in [2.05, 4.69) is 29.6 Å². The van der Waals surface area contributed by atoms with E-state index in [1.54, 1.807) is 4.90 Å². The van der Waals surface area contributed by atoms with Gasteiger partial charge in [0.15, 0.2) is 0 Å². The second kappa shape index (κ2) is 10.9. The van der Waals surface area contributed by atoms with Crippen molar-refractivity contribution in [1.29, 1.82) is 0 Å². The van der Waals surface area contributed by atoms with Gasteiger partial charge in [-0.2, -0.15) is 0 Å². The van der Waals surface area contributed by atoms with Crippen molar-refractivity contribution in [3.05, 3.63) is 59.7 Å². The second-order valence-electron chi connectivity index (χ2n) is 9.59. The van der Waals surface area contributed by atoms with Crippen LogP contribution in [0.2, 0.25) is 0 Å². The van der Waals surface area contributed by atoms with Gasteiger partial charge in [-0.25, -0.2) is 4.79 Å². The Morgan fingerprint density at radius 1 is 1.03 bits per heavy atom. The molecule has 186 valence electrons. The van der Waals surface area contributed by atoms with Crippen LogP contribution in [0.3, 0.4) is 0 Å². The first-order valence-electron chi connectivity index (χ1n) is 12.6. The molecule has 0 aliphatic heterocycles. The first-order chi connectivity index (χ1) is 16.9. The first-order valence-corrected chi connectivity index (χ1v) is 12.6. The summed E-state index contributed by atoms with van der Waals surface area (Å²) >= 11 is 0. The zero-order chi connectivity index (χ0) is 24.8. The molecule has 0 unspecified atom stereocenters. The van der Waals surface area contributed by atoms with E-state index in [1.807, 2.05) is 31.2 Å². The number of ether oxygens (including phenoxy) is 1. The van der Waals surface area contributed by atoms with Crippen molar-refractivity contribution in [2.45, 2.75) is 63.3 Å². The van der Waals surface area contributed by atoms with E-state index >= 15 is 0 Å². The predicted molar refractivity (Wildman–Crippen MR) is 133 cm³/mol. The molecule has 35 heavy (non-hydrogen) atoms. The Hall–Kier alpha value is -3.35. The Bertz CT molecular complexity index is 1030. The van der Waals surface area contributed by atoms with Crippen LogP contribution in [0.1, 0.15) is 68.9 Å². The van der Waals surface area contributed by atoms with E-state index in [4.69, 9.17) is 9.84 Å². The lowest BCUT2D eigenvalue weighted by atomic mass is 9.74. The molecule has 0 saturated heterocycles.